The van der Waals surface area contributed by atoms with Crippen LogP contribution in [0.3, 0.4) is 0 Å². The number of hydrogen-bond donors (Lipinski definition) is 2. The highest BCUT2D eigenvalue weighted by Crippen LogP contribution is 2.33. The molecular weight excluding hydrogens is 452 g/mol. The van der Waals surface area contributed by atoms with Crippen LogP contribution >= 0.6 is 0 Å². The van der Waals surface area contributed by atoms with E-state index in [0.29, 0.717) is 11.6 Å². The van der Waals surface area contributed by atoms with Gasteiger partial charge in [0, 0.05) is 6.04 Å². The molecule has 4 aromatic carbocycles. The first-order valence-corrected chi connectivity index (χ1v) is 11.9. The number of oxazole rings is 1. The molecule has 0 radical (unpaired) electrons. The lowest BCUT2D eigenvalue weighted by Crippen LogP contribution is -2.37. The summed E-state index contributed by atoms with van der Waals surface area (Å²) in [7, 11) is 0. The van der Waals surface area contributed by atoms with E-state index in [2.05, 4.69) is 36.5 Å². The molecule has 0 bridgehead atoms. The molecule has 0 aliphatic carbocycles. The summed E-state index contributed by atoms with van der Waals surface area (Å²) in [6.07, 6.45) is 0. The largest absolute Gasteiger partial charge is 0.478 e. The molecule has 2 atom stereocenters. The molecule has 1 aromatic heterocycles. The van der Waals surface area contributed by atoms with E-state index < -0.39 is 11.6 Å². The zero-order valence-corrected chi connectivity index (χ0v) is 20.4. The number of carboxylic acids is 1. The first-order chi connectivity index (χ1) is 17.3. The lowest BCUT2D eigenvalue weighted by molar-refractivity contribution is -0.152. The SMILES string of the molecule is CC(NC(c1nc2ccccc2o1)c1cccc2ccccc12)c1cccc(OC(C)(C)C(=O)O)c1. The van der Waals surface area contributed by atoms with Gasteiger partial charge in [0.1, 0.15) is 17.3 Å². The Labute approximate surface area is 209 Å². The molecule has 36 heavy (non-hydrogen) atoms. The maximum absolute atomic E-state index is 11.5. The lowest BCUT2D eigenvalue weighted by Gasteiger charge is -2.25. The van der Waals surface area contributed by atoms with Gasteiger partial charge in [-0.2, -0.15) is 0 Å². The van der Waals surface area contributed by atoms with Gasteiger partial charge in [0.05, 0.1) is 0 Å². The minimum Gasteiger partial charge on any atom is -0.478 e. The molecule has 0 amide bonds. The molecule has 0 spiro atoms. The summed E-state index contributed by atoms with van der Waals surface area (Å²) >= 11 is 0. The Balaban J connectivity index is 1.53. The summed E-state index contributed by atoms with van der Waals surface area (Å²) < 4.78 is 12.0. The van der Waals surface area contributed by atoms with Crippen molar-refractivity contribution in [2.24, 2.45) is 0 Å². The van der Waals surface area contributed by atoms with Crippen LogP contribution < -0.4 is 10.1 Å². The number of aliphatic carboxylic acids is 1. The van der Waals surface area contributed by atoms with Gasteiger partial charge in [0.2, 0.25) is 5.89 Å². The Morgan fingerprint density at radius 1 is 0.972 bits per heavy atom. The molecule has 0 saturated carbocycles. The van der Waals surface area contributed by atoms with Gasteiger partial charge in [0.15, 0.2) is 11.2 Å². The third kappa shape index (κ3) is 4.68. The van der Waals surface area contributed by atoms with Gasteiger partial charge >= 0.3 is 5.97 Å². The van der Waals surface area contributed by atoms with Crippen LogP contribution in [0.15, 0.2) is 95.4 Å². The topological polar surface area (TPSA) is 84.6 Å². The van der Waals surface area contributed by atoms with Crippen molar-refractivity contribution in [2.75, 3.05) is 0 Å². The summed E-state index contributed by atoms with van der Waals surface area (Å²) in [6, 6.07) is 29.3. The smallest absolute Gasteiger partial charge is 0.347 e. The molecule has 6 heteroatoms. The quantitative estimate of drug-likeness (QED) is 0.258. The summed E-state index contributed by atoms with van der Waals surface area (Å²) in [5.41, 5.74) is 2.22. The van der Waals surface area contributed by atoms with Gasteiger partial charge in [-0.25, -0.2) is 9.78 Å². The van der Waals surface area contributed by atoms with Crippen molar-refractivity contribution in [3.05, 3.63) is 108 Å². The van der Waals surface area contributed by atoms with Crippen LogP contribution in [0.2, 0.25) is 0 Å². The fourth-order valence-corrected chi connectivity index (χ4v) is 4.34. The Bertz CT molecular complexity index is 1500. The van der Waals surface area contributed by atoms with Gasteiger partial charge in [-0.3, -0.25) is 5.32 Å². The number of rotatable bonds is 8. The highest BCUT2D eigenvalue weighted by Gasteiger charge is 2.30. The van der Waals surface area contributed by atoms with Crippen molar-refractivity contribution in [1.82, 2.24) is 10.3 Å². The van der Waals surface area contributed by atoms with E-state index in [-0.39, 0.29) is 12.1 Å². The van der Waals surface area contributed by atoms with Crippen LogP contribution in [0.25, 0.3) is 21.9 Å². The molecule has 0 saturated heterocycles. The highest BCUT2D eigenvalue weighted by molar-refractivity contribution is 5.86. The summed E-state index contributed by atoms with van der Waals surface area (Å²) in [6.45, 7) is 5.13. The second kappa shape index (κ2) is 9.47. The van der Waals surface area contributed by atoms with Crippen molar-refractivity contribution >= 4 is 27.8 Å². The van der Waals surface area contributed by atoms with Gasteiger partial charge in [-0.05, 0) is 66.9 Å². The predicted octanol–water partition coefficient (Wildman–Crippen LogP) is 6.66. The average molecular weight is 481 g/mol. The van der Waals surface area contributed by atoms with Crippen molar-refractivity contribution < 1.29 is 19.1 Å². The number of hydrogen-bond acceptors (Lipinski definition) is 5. The van der Waals surface area contributed by atoms with Crippen LogP contribution in [0.5, 0.6) is 5.75 Å². The Kier molecular flexibility index (Phi) is 6.20. The van der Waals surface area contributed by atoms with E-state index in [4.69, 9.17) is 14.1 Å². The van der Waals surface area contributed by atoms with Crippen LogP contribution in [0.1, 0.15) is 49.9 Å². The first-order valence-electron chi connectivity index (χ1n) is 11.9. The van der Waals surface area contributed by atoms with Gasteiger partial charge in [0.25, 0.3) is 0 Å². The normalized spacial score (nSPS) is 13.5. The number of carboxylic acid groups (broad SMARTS) is 1. The predicted molar refractivity (Wildman–Crippen MR) is 140 cm³/mol. The van der Waals surface area contributed by atoms with E-state index in [0.717, 1.165) is 33.0 Å². The molecule has 5 rings (SSSR count). The Morgan fingerprint density at radius 3 is 2.50 bits per heavy atom. The van der Waals surface area contributed by atoms with E-state index in [9.17, 15) is 9.90 Å². The fourth-order valence-electron chi connectivity index (χ4n) is 4.34. The van der Waals surface area contributed by atoms with Crippen LogP contribution in [-0.4, -0.2) is 21.7 Å². The number of benzene rings is 4. The average Bonchev–Trinajstić information content (AvgIpc) is 3.31. The van der Waals surface area contributed by atoms with Crippen molar-refractivity contribution in [3.8, 4) is 5.75 Å². The van der Waals surface area contributed by atoms with E-state index in [1.54, 1.807) is 6.07 Å². The number of para-hydroxylation sites is 2. The van der Waals surface area contributed by atoms with Crippen molar-refractivity contribution in [2.45, 2.75) is 38.5 Å². The maximum Gasteiger partial charge on any atom is 0.347 e. The standard InChI is InChI=1S/C30H28N2O4/c1-19(21-12-8-13-22(18-21)36-30(2,3)29(33)34)31-27(28-32-25-16-6-7-17-26(25)35-28)24-15-9-11-20-10-4-5-14-23(20)24/h4-19,27,31H,1-3H3,(H,33,34). The van der Waals surface area contributed by atoms with Gasteiger partial charge in [-0.15, -0.1) is 0 Å². The number of nitrogens with one attached hydrogen (secondary N) is 1. The molecule has 6 nitrogen and oxygen atoms in total. The summed E-state index contributed by atoms with van der Waals surface area (Å²) in [4.78, 5) is 16.3. The van der Waals surface area contributed by atoms with Crippen LogP contribution in [-0.2, 0) is 4.79 Å². The molecule has 182 valence electrons. The zero-order valence-electron chi connectivity index (χ0n) is 20.4. The molecule has 1 heterocycles. The zero-order chi connectivity index (χ0) is 25.3. The van der Waals surface area contributed by atoms with E-state index >= 15 is 0 Å². The number of aromatic nitrogens is 1. The number of nitrogens with zero attached hydrogens (tertiary/aromatic N) is 1. The third-order valence-corrected chi connectivity index (χ3v) is 6.35. The molecule has 0 aliphatic heterocycles. The van der Waals surface area contributed by atoms with Crippen LogP contribution in [0, 0.1) is 0 Å². The van der Waals surface area contributed by atoms with E-state index in [1.807, 2.05) is 60.7 Å². The Hall–Kier alpha value is -4.16. The maximum atomic E-state index is 11.5. The molecule has 2 unspecified atom stereocenters. The third-order valence-electron chi connectivity index (χ3n) is 6.35. The number of fused-ring (bicyclic) bond motifs is 2. The second-order valence-corrected chi connectivity index (χ2v) is 9.40. The van der Waals surface area contributed by atoms with Gasteiger partial charge in [-0.1, -0.05) is 66.7 Å². The molecule has 5 aromatic rings. The van der Waals surface area contributed by atoms with Gasteiger partial charge < -0.3 is 14.3 Å². The van der Waals surface area contributed by atoms with Crippen molar-refractivity contribution in [1.29, 1.82) is 0 Å². The minimum atomic E-state index is -1.33. The highest BCUT2D eigenvalue weighted by atomic mass is 16.5. The first kappa shape index (κ1) is 23.6. The summed E-state index contributed by atoms with van der Waals surface area (Å²) in [5.74, 6) is 0.0574. The number of carbonyl (C=O) groups is 1. The number of ether oxygens (including phenoxy) is 1. The summed E-state index contributed by atoms with van der Waals surface area (Å²) in [5, 5.41) is 15.4. The molecule has 0 fully saturated rings. The molecule has 2 N–H and O–H groups in total. The second-order valence-electron chi connectivity index (χ2n) is 9.40. The minimum absolute atomic E-state index is 0.125. The molecule has 0 aliphatic rings. The fraction of sp³-hybridized carbons (Fsp3) is 0.200. The van der Waals surface area contributed by atoms with E-state index in [1.165, 1.54) is 13.8 Å². The molecular formula is C30H28N2O4. The monoisotopic (exact) mass is 480 g/mol. The van der Waals surface area contributed by atoms with Crippen molar-refractivity contribution in [3.63, 3.8) is 0 Å². The Morgan fingerprint density at radius 2 is 1.69 bits per heavy atom. The lowest BCUT2D eigenvalue weighted by atomic mass is 9.97. The van der Waals surface area contributed by atoms with Crippen LogP contribution in [0.4, 0.5) is 0 Å².